The number of pyridine rings is 1. The highest BCUT2D eigenvalue weighted by molar-refractivity contribution is 6.06. The Morgan fingerprint density at radius 1 is 1.15 bits per heavy atom. The molecule has 3 aromatic rings. The first-order valence-corrected chi connectivity index (χ1v) is 10.6. The lowest BCUT2D eigenvalue weighted by Crippen LogP contribution is -2.20. The van der Waals surface area contributed by atoms with Gasteiger partial charge in [-0.25, -0.2) is 0 Å². The Bertz CT molecular complexity index is 1340. The fourth-order valence-electron chi connectivity index (χ4n) is 3.80. The molecule has 6 nitrogen and oxygen atoms in total. The van der Waals surface area contributed by atoms with Gasteiger partial charge in [0.2, 0.25) is 0 Å². The molecule has 0 bridgehead atoms. The largest absolute Gasteiger partial charge is 0.456 e. The summed E-state index contributed by atoms with van der Waals surface area (Å²) in [5.74, 6) is 0.775. The van der Waals surface area contributed by atoms with Crippen LogP contribution in [-0.4, -0.2) is 10.5 Å². The molecule has 168 valence electrons. The van der Waals surface area contributed by atoms with E-state index in [2.05, 4.69) is 24.0 Å². The van der Waals surface area contributed by atoms with Crippen molar-refractivity contribution < 1.29 is 9.53 Å². The summed E-state index contributed by atoms with van der Waals surface area (Å²) < 4.78 is 7.93. The Morgan fingerprint density at radius 3 is 2.42 bits per heavy atom. The molecule has 0 spiro atoms. The van der Waals surface area contributed by atoms with E-state index < -0.39 is 5.91 Å². The SMILES string of the molecule is C=C(C#N)C(=O)Nc1ccc(Oc2c(C)cc(C)cc2C)c(-c2cc(CC)c(=O)n(C)c2)c1. The normalized spacial score (nSPS) is 10.4. The molecule has 0 saturated heterocycles. The van der Waals surface area contributed by atoms with E-state index in [1.807, 2.05) is 33.8 Å². The molecular formula is C27H27N3O3. The van der Waals surface area contributed by atoms with Crippen LogP contribution in [0.5, 0.6) is 11.5 Å². The molecule has 0 radical (unpaired) electrons. The van der Waals surface area contributed by atoms with Gasteiger partial charge in [-0.1, -0.05) is 31.2 Å². The summed E-state index contributed by atoms with van der Waals surface area (Å²) in [6, 6.07) is 13.0. The van der Waals surface area contributed by atoms with Crippen molar-refractivity contribution in [2.45, 2.75) is 34.1 Å². The van der Waals surface area contributed by atoms with E-state index in [1.165, 1.54) is 0 Å². The van der Waals surface area contributed by atoms with Crippen molar-refractivity contribution in [3.05, 3.63) is 87.4 Å². The number of hydrogen-bond donors (Lipinski definition) is 1. The average molecular weight is 442 g/mol. The predicted molar refractivity (Wildman–Crippen MR) is 131 cm³/mol. The van der Waals surface area contributed by atoms with E-state index >= 15 is 0 Å². The van der Waals surface area contributed by atoms with Crippen LogP contribution < -0.4 is 15.6 Å². The van der Waals surface area contributed by atoms with E-state index in [9.17, 15) is 9.59 Å². The lowest BCUT2D eigenvalue weighted by atomic mass is 10.0. The molecule has 0 aliphatic heterocycles. The second-order valence-electron chi connectivity index (χ2n) is 8.11. The van der Waals surface area contributed by atoms with E-state index in [0.717, 1.165) is 28.0 Å². The Labute approximate surface area is 193 Å². The number of aryl methyl sites for hydroxylation is 5. The maximum atomic E-state index is 12.4. The van der Waals surface area contributed by atoms with Crippen molar-refractivity contribution in [1.82, 2.24) is 4.57 Å². The molecule has 0 saturated carbocycles. The van der Waals surface area contributed by atoms with Crippen LogP contribution in [0.15, 0.2) is 59.5 Å². The summed E-state index contributed by atoms with van der Waals surface area (Å²) in [4.78, 5) is 24.6. The van der Waals surface area contributed by atoms with Crippen molar-refractivity contribution in [3.63, 3.8) is 0 Å². The number of rotatable bonds is 6. The number of nitriles is 1. The van der Waals surface area contributed by atoms with Crippen LogP contribution in [0.3, 0.4) is 0 Å². The quantitative estimate of drug-likeness (QED) is 0.413. The Balaban J connectivity index is 2.17. The first-order valence-electron chi connectivity index (χ1n) is 10.6. The topological polar surface area (TPSA) is 84.1 Å². The van der Waals surface area contributed by atoms with Gasteiger partial charge in [0.25, 0.3) is 11.5 Å². The summed E-state index contributed by atoms with van der Waals surface area (Å²) in [5, 5.41) is 11.6. The van der Waals surface area contributed by atoms with Crippen LogP contribution >= 0.6 is 0 Å². The molecule has 1 heterocycles. The first kappa shape index (κ1) is 23.6. The minimum absolute atomic E-state index is 0.0521. The van der Waals surface area contributed by atoms with Crippen molar-refractivity contribution in [2.75, 3.05) is 5.32 Å². The minimum Gasteiger partial charge on any atom is -0.456 e. The summed E-state index contributed by atoms with van der Waals surface area (Å²) in [6.07, 6.45) is 2.34. The highest BCUT2D eigenvalue weighted by Gasteiger charge is 2.16. The fraction of sp³-hybridized carbons (Fsp3) is 0.222. The molecule has 2 aromatic carbocycles. The number of hydrogen-bond acceptors (Lipinski definition) is 4. The third kappa shape index (κ3) is 5.04. The molecule has 0 atom stereocenters. The standard InChI is InChI=1S/C27H27N3O3/c1-7-20-12-21(15-30(6)27(20)32)23-13-22(29-26(31)19(5)14-28)8-9-24(23)33-25-17(3)10-16(2)11-18(25)4/h8-13,15H,5,7H2,1-4,6H3,(H,29,31). The Hall–Kier alpha value is -4.11. The summed E-state index contributed by atoms with van der Waals surface area (Å²) in [6.45, 7) is 11.4. The lowest BCUT2D eigenvalue weighted by molar-refractivity contribution is -0.112. The number of ether oxygens (including phenoxy) is 1. The minimum atomic E-state index is -0.572. The summed E-state index contributed by atoms with van der Waals surface area (Å²) in [5.41, 5.74) is 5.59. The zero-order valence-corrected chi connectivity index (χ0v) is 19.6. The summed E-state index contributed by atoms with van der Waals surface area (Å²) >= 11 is 0. The summed E-state index contributed by atoms with van der Waals surface area (Å²) in [7, 11) is 1.71. The van der Waals surface area contributed by atoms with Gasteiger partial charge in [-0.05, 0) is 62.6 Å². The van der Waals surface area contributed by atoms with E-state index in [4.69, 9.17) is 10.00 Å². The lowest BCUT2D eigenvalue weighted by Gasteiger charge is -2.18. The van der Waals surface area contributed by atoms with Crippen LogP contribution in [0.4, 0.5) is 5.69 Å². The number of nitrogens with zero attached hydrogens (tertiary/aromatic N) is 2. The van der Waals surface area contributed by atoms with E-state index in [1.54, 1.807) is 42.1 Å². The monoisotopic (exact) mass is 441 g/mol. The maximum Gasteiger partial charge on any atom is 0.265 e. The highest BCUT2D eigenvalue weighted by atomic mass is 16.5. The van der Waals surface area contributed by atoms with Crippen molar-refractivity contribution >= 4 is 11.6 Å². The van der Waals surface area contributed by atoms with Crippen LogP contribution in [0.25, 0.3) is 11.1 Å². The molecular weight excluding hydrogens is 414 g/mol. The van der Waals surface area contributed by atoms with Gasteiger partial charge in [0.05, 0.1) is 0 Å². The fourth-order valence-corrected chi connectivity index (χ4v) is 3.80. The molecule has 0 aliphatic carbocycles. The highest BCUT2D eigenvalue weighted by Crippen LogP contribution is 2.38. The van der Waals surface area contributed by atoms with Gasteiger partial charge in [-0.2, -0.15) is 5.26 Å². The van der Waals surface area contributed by atoms with Gasteiger partial charge in [0, 0.05) is 35.6 Å². The van der Waals surface area contributed by atoms with Gasteiger partial charge >= 0.3 is 0 Å². The molecule has 1 amide bonds. The van der Waals surface area contributed by atoms with Crippen molar-refractivity contribution in [3.8, 4) is 28.7 Å². The molecule has 1 aromatic heterocycles. The van der Waals surface area contributed by atoms with E-state index in [-0.39, 0.29) is 11.1 Å². The van der Waals surface area contributed by atoms with Crippen LogP contribution in [0.1, 0.15) is 29.2 Å². The van der Waals surface area contributed by atoms with Gasteiger partial charge in [-0.3, -0.25) is 9.59 Å². The number of aromatic nitrogens is 1. The van der Waals surface area contributed by atoms with Crippen molar-refractivity contribution in [1.29, 1.82) is 5.26 Å². The Kier molecular flexibility index (Phi) is 6.83. The zero-order chi connectivity index (χ0) is 24.3. The third-order valence-electron chi connectivity index (χ3n) is 5.41. The second kappa shape index (κ2) is 9.58. The maximum absolute atomic E-state index is 12.4. The molecule has 0 fully saturated rings. The van der Waals surface area contributed by atoms with Gasteiger partial charge in [-0.15, -0.1) is 0 Å². The molecule has 0 aliphatic rings. The van der Waals surface area contributed by atoms with Crippen LogP contribution in [0, 0.1) is 32.1 Å². The van der Waals surface area contributed by atoms with Crippen LogP contribution in [0.2, 0.25) is 0 Å². The second-order valence-corrected chi connectivity index (χ2v) is 8.11. The van der Waals surface area contributed by atoms with Gasteiger partial charge < -0.3 is 14.6 Å². The van der Waals surface area contributed by atoms with Gasteiger partial charge in [0.1, 0.15) is 23.1 Å². The number of carbonyl (C=O) groups excluding carboxylic acids is 1. The number of nitrogens with one attached hydrogen (secondary N) is 1. The molecule has 0 unspecified atom stereocenters. The van der Waals surface area contributed by atoms with Gasteiger partial charge in [0.15, 0.2) is 0 Å². The number of amides is 1. The molecule has 3 rings (SSSR count). The third-order valence-corrected chi connectivity index (χ3v) is 5.41. The average Bonchev–Trinajstić information content (AvgIpc) is 2.77. The molecule has 6 heteroatoms. The smallest absolute Gasteiger partial charge is 0.265 e. The number of anilines is 1. The number of benzene rings is 2. The number of carbonyl (C=O) groups is 1. The zero-order valence-electron chi connectivity index (χ0n) is 19.6. The molecule has 1 N–H and O–H groups in total. The van der Waals surface area contributed by atoms with Crippen molar-refractivity contribution in [2.24, 2.45) is 7.05 Å². The predicted octanol–water partition coefficient (Wildman–Crippen LogP) is 5.35. The first-order chi connectivity index (χ1) is 15.6. The Morgan fingerprint density at radius 2 is 1.82 bits per heavy atom. The molecule has 33 heavy (non-hydrogen) atoms. The van der Waals surface area contributed by atoms with Crippen LogP contribution in [-0.2, 0) is 18.3 Å². The van der Waals surface area contributed by atoms with E-state index in [0.29, 0.717) is 29.0 Å².